The lowest BCUT2D eigenvalue weighted by Gasteiger charge is -2.14. The first-order chi connectivity index (χ1) is 17.4. The lowest BCUT2D eigenvalue weighted by molar-refractivity contribution is 0.892. The van der Waals surface area contributed by atoms with Crippen molar-refractivity contribution >= 4 is 23.2 Å². The zero-order valence-electron chi connectivity index (χ0n) is 19.4. The predicted molar refractivity (Wildman–Crippen MR) is 143 cm³/mol. The molecule has 0 radical (unpaired) electrons. The third-order valence-electron chi connectivity index (χ3n) is 7.14. The number of aryl methyl sites for hydroxylation is 1. The summed E-state index contributed by atoms with van der Waals surface area (Å²) in [6.07, 6.45) is 11.2. The molecule has 35 heavy (non-hydrogen) atoms. The smallest absolute Gasteiger partial charge is 0.116 e. The minimum Gasteiger partial charge on any atom is -0.310 e. The molecule has 168 valence electrons. The fourth-order valence-electron chi connectivity index (χ4n) is 5.41. The standard InChI is InChI=1S/C31H24N4/c1-3-7-29-25(5-1)26-6-2-4-8-30(26)35(29)24-15-13-22(14-16-24)21-9-11-23(12-10-21)31-27-19-32-18-17-28(27)33-20-34-31/h1,3-5,7-16,19-20H,2,6,17-18H2. The van der Waals surface area contributed by atoms with E-state index in [9.17, 15) is 0 Å². The highest BCUT2D eigenvalue weighted by Gasteiger charge is 2.18. The molecule has 0 bridgehead atoms. The Morgan fingerprint density at radius 1 is 0.743 bits per heavy atom. The number of nitrogens with zero attached hydrogens (tertiary/aromatic N) is 4. The molecule has 0 fully saturated rings. The van der Waals surface area contributed by atoms with Crippen molar-refractivity contribution in [2.24, 2.45) is 4.99 Å². The lowest BCUT2D eigenvalue weighted by Crippen LogP contribution is -2.08. The summed E-state index contributed by atoms with van der Waals surface area (Å²) in [6.45, 7) is 0.802. The highest BCUT2D eigenvalue weighted by atomic mass is 15.0. The molecule has 0 atom stereocenters. The molecule has 0 saturated carbocycles. The molecule has 0 spiro atoms. The van der Waals surface area contributed by atoms with Crippen molar-refractivity contribution in [3.63, 3.8) is 0 Å². The normalized spacial score (nSPS) is 14.2. The molecule has 1 aliphatic carbocycles. The van der Waals surface area contributed by atoms with Gasteiger partial charge in [-0.05, 0) is 53.8 Å². The molecule has 4 heteroatoms. The topological polar surface area (TPSA) is 43.1 Å². The molecule has 4 nitrogen and oxygen atoms in total. The van der Waals surface area contributed by atoms with Crippen molar-refractivity contribution in [2.45, 2.75) is 19.3 Å². The van der Waals surface area contributed by atoms with Crippen molar-refractivity contribution in [1.29, 1.82) is 0 Å². The summed E-state index contributed by atoms with van der Waals surface area (Å²) in [5, 5.41) is 1.36. The van der Waals surface area contributed by atoms with E-state index in [4.69, 9.17) is 0 Å². The maximum Gasteiger partial charge on any atom is 0.116 e. The van der Waals surface area contributed by atoms with Gasteiger partial charge < -0.3 is 4.57 Å². The van der Waals surface area contributed by atoms with Crippen molar-refractivity contribution in [3.8, 4) is 28.1 Å². The average Bonchev–Trinajstić information content (AvgIpc) is 3.27. The summed E-state index contributed by atoms with van der Waals surface area (Å²) in [7, 11) is 0. The first-order valence-electron chi connectivity index (χ1n) is 12.2. The molecule has 3 aromatic carbocycles. The number of hydrogen-bond donors (Lipinski definition) is 0. The third-order valence-corrected chi connectivity index (χ3v) is 7.14. The van der Waals surface area contributed by atoms with E-state index in [1.54, 1.807) is 6.33 Å². The Morgan fingerprint density at radius 3 is 2.37 bits per heavy atom. The van der Waals surface area contributed by atoms with Crippen LogP contribution in [0.3, 0.4) is 0 Å². The van der Waals surface area contributed by atoms with Gasteiger partial charge in [-0.15, -0.1) is 0 Å². The number of aliphatic imine (C=N–C) groups is 1. The summed E-state index contributed by atoms with van der Waals surface area (Å²) in [4.78, 5) is 13.4. The van der Waals surface area contributed by atoms with Crippen LogP contribution in [0.15, 0.2) is 90.2 Å². The van der Waals surface area contributed by atoms with Gasteiger partial charge in [0.1, 0.15) is 6.33 Å². The minimum atomic E-state index is 0.802. The van der Waals surface area contributed by atoms with Crippen LogP contribution >= 0.6 is 0 Å². The molecule has 3 heterocycles. The number of rotatable bonds is 3. The summed E-state index contributed by atoms with van der Waals surface area (Å²) >= 11 is 0. The quantitative estimate of drug-likeness (QED) is 0.306. The molecular weight excluding hydrogens is 428 g/mol. The highest BCUT2D eigenvalue weighted by Crippen LogP contribution is 2.34. The van der Waals surface area contributed by atoms with Gasteiger partial charge in [0, 0.05) is 47.1 Å². The lowest BCUT2D eigenvalue weighted by atomic mass is 9.99. The van der Waals surface area contributed by atoms with Gasteiger partial charge >= 0.3 is 0 Å². The maximum absolute atomic E-state index is 4.55. The van der Waals surface area contributed by atoms with E-state index in [-0.39, 0.29) is 0 Å². The molecule has 0 unspecified atom stereocenters. The van der Waals surface area contributed by atoms with E-state index in [1.807, 2.05) is 6.21 Å². The Balaban J connectivity index is 1.24. The van der Waals surface area contributed by atoms with Gasteiger partial charge in [0.2, 0.25) is 0 Å². The molecule has 0 amide bonds. The number of allylic oxidation sites excluding steroid dienone is 1. The van der Waals surface area contributed by atoms with Crippen LogP contribution in [0.2, 0.25) is 0 Å². The molecule has 1 aliphatic heterocycles. The van der Waals surface area contributed by atoms with Gasteiger partial charge in [0.25, 0.3) is 0 Å². The molecule has 0 N–H and O–H groups in total. The van der Waals surface area contributed by atoms with Crippen LogP contribution in [0.4, 0.5) is 0 Å². The first-order valence-corrected chi connectivity index (χ1v) is 12.2. The second kappa shape index (κ2) is 8.17. The van der Waals surface area contributed by atoms with E-state index in [0.717, 1.165) is 48.3 Å². The van der Waals surface area contributed by atoms with Gasteiger partial charge in [0.05, 0.1) is 16.9 Å². The van der Waals surface area contributed by atoms with Crippen LogP contribution < -0.4 is 0 Å². The van der Waals surface area contributed by atoms with Crippen LogP contribution in [0.5, 0.6) is 0 Å². The van der Waals surface area contributed by atoms with Crippen molar-refractivity contribution < 1.29 is 0 Å². The summed E-state index contributed by atoms with van der Waals surface area (Å²) < 4.78 is 2.40. The fraction of sp³-hybridized carbons (Fsp3) is 0.129. The number of fused-ring (bicyclic) bond motifs is 4. The van der Waals surface area contributed by atoms with Gasteiger partial charge in [0.15, 0.2) is 0 Å². The number of benzene rings is 3. The van der Waals surface area contributed by atoms with Crippen LogP contribution in [0.1, 0.15) is 28.9 Å². The van der Waals surface area contributed by atoms with Crippen LogP contribution in [0, 0.1) is 0 Å². The van der Waals surface area contributed by atoms with E-state index in [1.165, 1.54) is 39.0 Å². The maximum atomic E-state index is 4.55. The average molecular weight is 453 g/mol. The SMILES string of the molecule is C1=Cc2c(c3ccccc3n2-c2ccc(-c3ccc(-c4ncnc5c4C=NCC5)cc3)cc2)CC1. The largest absolute Gasteiger partial charge is 0.310 e. The first kappa shape index (κ1) is 20.1. The van der Waals surface area contributed by atoms with Crippen molar-refractivity contribution in [1.82, 2.24) is 14.5 Å². The minimum absolute atomic E-state index is 0.802. The third kappa shape index (κ3) is 3.33. The van der Waals surface area contributed by atoms with E-state index >= 15 is 0 Å². The Morgan fingerprint density at radius 2 is 1.51 bits per heavy atom. The van der Waals surface area contributed by atoms with E-state index < -0.39 is 0 Å². The number of hydrogen-bond acceptors (Lipinski definition) is 3. The zero-order chi connectivity index (χ0) is 23.2. The second-order valence-corrected chi connectivity index (χ2v) is 9.15. The molecule has 7 rings (SSSR count). The van der Waals surface area contributed by atoms with Crippen molar-refractivity contribution in [3.05, 3.63) is 108 Å². The summed E-state index contributed by atoms with van der Waals surface area (Å²) in [5.74, 6) is 0. The van der Waals surface area contributed by atoms with Crippen molar-refractivity contribution in [2.75, 3.05) is 6.54 Å². The number of para-hydroxylation sites is 1. The van der Waals surface area contributed by atoms with Gasteiger partial charge in [-0.25, -0.2) is 9.97 Å². The summed E-state index contributed by atoms with van der Waals surface area (Å²) in [6, 6.07) is 26.3. The predicted octanol–water partition coefficient (Wildman–Crippen LogP) is 6.69. The van der Waals surface area contributed by atoms with E-state index in [2.05, 4.69) is 104 Å². The van der Waals surface area contributed by atoms with Crippen LogP contribution in [-0.4, -0.2) is 27.3 Å². The van der Waals surface area contributed by atoms with Gasteiger partial charge in [-0.2, -0.15) is 0 Å². The molecule has 0 saturated heterocycles. The Bertz CT molecular complexity index is 1620. The highest BCUT2D eigenvalue weighted by molar-refractivity contribution is 5.92. The second-order valence-electron chi connectivity index (χ2n) is 9.15. The Kier molecular flexibility index (Phi) is 4.69. The Labute approximate surface area is 204 Å². The zero-order valence-corrected chi connectivity index (χ0v) is 19.4. The number of aromatic nitrogens is 3. The van der Waals surface area contributed by atoms with Gasteiger partial charge in [-0.3, -0.25) is 4.99 Å². The van der Waals surface area contributed by atoms with Gasteiger partial charge in [-0.1, -0.05) is 60.7 Å². The molecule has 5 aromatic rings. The molecule has 2 aliphatic rings. The van der Waals surface area contributed by atoms with Crippen LogP contribution in [0.25, 0.3) is 45.1 Å². The monoisotopic (exact) mass is 452 g/mol. The fourth-order valence-corrected chi connectivity index (χ4v) is 5.41. The van der Waals surface area contributed by atoms with Crippen LogP contribution in [-0.2, 0) is 12.8 Å². The van der Waals surface area contributed by atoms with E-state index in [0.29, 0.717) is 0 Å². The Hall–Kier alpha value is -4.31. The molecule has 2 aromatic heterocycles. The summed E-state index contributed by atoms with van der Waals surface area (Å²) in [5.41, 5.74) is 11.8. The molecular formula is C31H24N4.